The molecular weight excluding hydrogens is 312 g/mol. The van der Waals surface area contributed by atoms with Crippen LogP contribution in [0.3, 0.4) is 0 Å². The smallest absolute Gasteiger partial charge is 0.253 e. The lowest BCUT2D eigenvalue weighted by atomic mass is 10.1. The molecule has 0 aliphatic rings. The Morgan fingerprint density at radius 3 is 2.72 bits per heavy atom. The Kier molecular flexibility index (Phi) is 4.79. The second-order valence-electron chi connectivity index (χ2n) is 6.53. The van der Waals surface area contributed by atoms with E-state index in [4.69, 9.17) is 4.74 Å². The number of aromatic amines is 1. The fourth-order valence-corrected chi connectivity index (χ4v) is 3.18. The third-order valence-corrected chi connectivity index (χ3v) is 4.64. The minimum Gasteiger partial charge on any atom is -0.497 e. The molecule has 0 radical (unpaired) electrons. The molecule has 0 fully saturated rings. The van der Waals surface area contributed by atoms with Gasteiger partial charge in [-0.25, -0.2) is 0 Å². The maximum absolute atomic E-state index is 12.7. The van der Waals surface area contributed by atoms with Gasteiger partial charge in [-0.1, -0.05) is 24.3 Å². The van der Waals surface area contributed by atoms with E-state index >= 15 is 0 Å². The number of para-hydroxylation sites is 1. The number of fused-ring (bicyclic) bond motifs is 1. The van der Waals surface area contributed by atoms with E-state index in [2.05, 4.69) is 17.2 Å². The predicted octanol–water partition coefficient (Wildman–Crippen LogP) is 4.15. The van der Waals surface area contributed by atoms with Gasteiger partial charge in [0, 0.05) is 17.1 Å². The number of carbonyl (C=O) groups excluding carboxylic acids is 1. The molecule has 25 heavy (non-hydrogen) atoms. The molecule has 3 rings (SSSR count). The zero-order valence-corrected chi connectivity index (χ0v) is 15.1. The molecule has 1 unspecified atom stereocenters. The first-order valence-corrected chi connectivity index (χ1v) is 8.51. The van der Waals surface area contributed by atoms with E-state index in [0.717, 1.165) is 34.3 Å². The molecule has 130 valence electrons. The van der Waals surface area contributed by atoms with Crippen molar-refractivity contribution < 1.29 is 9.53 Å². The van der Waals surface area contributed by atoms with Crippen LogP contribution in [0.2, 0.25) is 0 Å². The highest BCUT2D eigenvalue weighted by atomic mass is 16.5. The molecule has 1 atom stereocenters. The third-order valence-electron chi connectivity index (χ3n) is 4.64. The SMILES string of the molecule is COc1cccc(CC(C)NC(=O)c2cccc3c(C)c(C)[nH]c23)c1. The van der Waals surface area contributed by atoms with Crippen LogP contribution in [0.5, 0.6) is 5.75 Å². The summed E-state index contributed by atoms with van der Waals surface area (Å²) in [7, 11) is 1.66. The van der Waals surface area contributed by atoms with E-state index in [-0.39, 0.29) is 11.9 Å². The molecule has 2 aromatic carbocycles. The highest BCUT2D eigenvalue weighted by Crippen LogP contribution is 2.24. The van der Waals surface area contributed by atoms with E-state index in [1.807, 2.05) is 56.3 Å². The lowest BCUT2D eigenvalue weighted by molar-refractivity contribution is 0.0941. The van der Waals surface area contributed by atoms with E-state index in [1.165, 1.54) is 5.56 Å². The quantitative estimate of drug-likeness (QED) is 0.735. The highest BCUT2D eigenvalue weighted by molar-refractivity contribution is 6.06. The summed E-state index contributed by atoms with van der Waals surface area (Å²) in [6.45, 7) is 6.12. The number of hydrogen-bond donors (Lipinski definition) is 2. The molecular formula is C21H24N2O2. The Labute approximate surface area is 148 Å². The number of H-pyrrole nitrogens is 1. The monoisotopic (exact) mass is 336 g/mol. The van der Waals surface area contributed by atoms with Gasteiger partial charge in [0.25, 0.3) is 5.91 Å². The Morgan fingerprint density at radius 2 is 1.96 bits per heavy atom. The number of rotatable bonds is 5. The van der Waals surface area contributed by atoms with Crippen molar-refractivity contribution in [3.05, 3.63) is 64.8 Å². The summed E-state index contributed by atoms with van der Waals surface area (Å²) in [5.74, 6) is 0.778. The van der Waals surface area contributed by atoms with E-state index < -0.39 is 0 Å². The Balaban J connectivity index is 1.76. The molecule has 0 aliphatic heterocycles. The summed E-state index contributed by atoms with van der Waals surface area (Å²) in [4.78, 5) is 16.1. The van der Waals surface area contributed by atoms with Crippen molar-refractivity contribution in [1.29, 1.82) is 0 Å². The number of amides is 1. The van der Waals surface area contributed by atoms with Crippen LogP contribution in [0, 0.1) is 13.8 Å². The maximum Gasteiger partial charge on any atom is 0.253 e. The van der Waals surface area contributed by atoms with Crippen LogP contribution in [0.15, 0.2) is 42.5 Å². The van der Waals surface area contributed by atoms with E-state index in [9.17, 15) is 4.79 Å². The molecule has 0 saturated carbocycles. The second-order valence-corrected chi connectivity index (χ2v) is 6.53. The van der Waals surface area contributed by atoms with Gasteiger partial charge in [-0.15, -0.1) is 0 Å². The van der Waals surface area contributed by atoms with Crippen LogP contribution in [0.25, 0.3) is 10.9 Å². The normalized spacial score (nSPS) is 12.2. The van der Waals surface area contributed by atoms with Crippen molar-refractivity contribution in [2.75, 3.05) is 7.11 Å². The van der Waals surface area contributed by atoms with Crippen LogP contribution in [-0.4, -0.2) is 24.0 Å². The third kappa shape index (κ3) is 3.53. The summed E-state index contributed by atoms with van der Waals surface area (Å²) in [6, 6.07) is 13.8. The highest BCUT2D eigenvalue weighted by Gasteiger charge is 2.16. The number of ether oxygens (including phenoxy) is 1. The van der Waals surface area contributed by atoms with E-state index in [0.29, 0.717) is 5.56 Å². The first-order chi connectivity index (χ1) is 12.0. The molecule has 0 saturated heterocycles. The van der Waals surface area contributed by atoms with Gasteiger partial charge >= 0.3 is 0 Å². The Bertz CT molecular complexity index is 911. The van der Waals surface area contributed by atoms with Crippen molar-refractivity contribution in [1.82, 2.24) is 10.3 Å². The van der Waals surface area contributed by atoms with Crippen molar-refractivity contribution in [2.45, 2.75) is 33.2 Å². The van der Waals surface area contributed by atoms with Gasteiger partial charge in [-0.05, 0) is 56.5 Å². The largest absolute Gasteiger partial charge is 0.497 e. The Hall–Kier alpha value is -2.75. The van der Waals surface area contributed by atoms with Gasteiger partial charge in [0.1, 0.15) is 5.75 Å². The lowest BCUT2D eigenvalue weighted by Crippen LogP contribution is -2.34. The van der Waals surface area contributed by atoms with Gasteiger partial charge < -0.3 is 15.0 Å². The maximum atomic E-state index is 12.7. The summed E-state index contributed by atoms with van der Waals surface area (Å²) >= 11 is 0. The number of aryl methyl sites for hydroxylation is 2. The molecule has 0 bridgehead atoms. The second kappa shape index (κ2) is 7.01. The average molecular weight is 336 g/mol. The van der Waals surface area contributed by atoms with Gasteiger partial charge in [-0.3, -0.25) is 4.79 Å². The summed E-state index contributed by atoms with van der Waals surface area (Å²) < 4.78 is 5.26. The average Bonchev–Trinajstić information content (AvgIpc) is 2.89. The van der Waals surface area contributed by atoms with E-state index in [1.54, 1.807) is 7.11 Å². The van der Waals surface area contributed by atoms with Gasteiger partial charge in [0.15, 0.2) is 0 Å². The van der Waals surface area contributed by atoms with Crippen molar-refractivity contribution in [2.24, 2.45) is 0 Å². The first kappa shape index (κ1) is 17.1. The van der Waals surface area contributed by atoms with Gasteiger partial charge in [0.05, 0.1) is 18.2 Å². The van der Waals surface area contributed by atoms with Crippen LogP contribution < -0.4 is 10.1 Å². The number of aromatic nitrogens is 1. The standard InChI is InChI=1S/C21H24N2O2/c1-13(11-16-7-5-8-17(12-16)25-4)22-21(24)19-10-6-9-18-14(2)15(3)23-20(18)19/h5-10,12-13,23H,11H2,1-4H3,(H,22,24). The summed E-state index contributed by atoms with van der Waals surface area (Å²) in [5.41, 5.74) is 5.01. The van der Waals surface area contributed by atoms with Crippen molar-refractivity contribution in [3.8, 4) is 5.75 Å². The zero-order valence-electron chi connectivity index (χ0n) is 15.1. The summed E-state index contributed by atoms with van der Waals surface area (Å²) in [6.07, 6.45) is 0.752. The van der Waals surface area contributed by atoms with Crippen molar-refractivity contribution >= 4 is 16.8 Å². The molecule has 4 heteroatoms. The molecule has 0 aliphatic carbocycles. The first-order valence-electron chi connectivity index (χ1n) is 8.51. The molecule has 1 aromatic heterocycles. The summed E-state index contributed by atoms with van der Waals surface area (Å²) in [5, 5.41) is 4.21. The number of benzene rings is 2. The number of carbonyl (C=O) groups is 1. The minimum absolute atomic E-state index is 0.0204. The fourth-order valence-electron chi connectivity index (χ4n) is 3.18. The number of hydrogen-bond acceptors (Lipinski definition) is 2. The predicted molar refractivity (Wildman–Crippen MR) is 101 cm³/mol. The lowest BCUT2D eigenvalue weighted by Gasteiger charge is -2.15. The molecule has 1 heterocycles. The molecule has 2 N–H and O–H groups in total. The van der Waals surface area contributed by atoms with Crippen LogP contribution in [-0.2, 0) is 6.42 Å². The van der Waals surface area contributed by atoms with Crippen LogP contribution in [0.1, 0.15) is 34.1 Å². The molecule has 3 aromatic rings. The number of methoxy groups -OCH3 is 1. The van der Waals surface area contributed by atoms with Gasteiger partial charge in [-0.2, -0.15) is 0 Å². The van der Waals surface area contributed by atoms with Crippen molar-refractivity contribution in [3.63, 3.8) is 0 Å². The topological polar surface area (TPSA) is 54.1 Å². The fraction of sp³-hybridized carbons (Fsp3) is 0.286. The molecule has 0 spiro atoms. The molecule has 1 amide bonds. The number of nitrogens with one attached hydrogen (secondary N) is 2. The van der Waals surface area contributed by atoms with Crippen LogP contribution >= 0.6 is 0 Å². The van der Waals surface area contributed by atoms with Crippen LogP contribution in [0.4, 0.5) is 0 Å². The minimum atomic E-state index is -0.0535. The Morgan fingerprint density at radius 1 is 1.20 bits per heavy atom. The van der Waals surface area contributed by atoms with Gasteiger partial charge in [0.2, 0.25) is 0 Å². The zero-order chi connectivity index (χ0) is 18.0. The molecule has 4 nitrogen and oxygen atoms in total.